The number of aliphatic hydroxyl groups excluding tert-OH is 1. The second-order valence-corrected chi connectivity index (χ2v) is 6.99. The van der Waals surface area contributed by atoms with Gasteiger partial charge in [0.05, 0.1) is 39.1 Å². The lowest BCUT2D eigenvalue weighted by atomic mass is 10.1. The summed E-state index contributed by atoms with van der Waals surface area (Å²) in [6, 6.07) is -0.351. The Hall–Kier alpha value is -1.63. The monoisotopic (exact) mass is 463 g/mol. The second kappa shape index (κ2) is 22.6. The third kappa shape index (κ3) is 19.1. The Balaban J connectivity index is 3.42. The first-order valence-corrected chi connectivity index (χ1v) is 11.2. The minimum Gasteiger partial charge on any atom is -0.389 e. The van der Waals surface area contributed by atoms with Crippen molar-refractivity contribution >= 4 is 17.6 Å². The molecule has 0 saturated carbocycles. The molecule has 0 bridgehead atoms. The maximum absolute atomic E-state index is 11.7. The Morgan fingerprint density at radius 2 is 1.34 bits per heavy atom. The summed E-state index contributed by atoms with van der Waals surface area (Å²) in [5.41, 5.74) is 0. The lowest BCUT2D eigenvalue weighted by molar-refractivity contribution is -0.127. The van der Waals surface area contributed by atoms with Gasteiger partial charge in [0.1, 0.15) is 19.8 Å². The predicted octanol–water partition coefficient (Wildman–Crippen LogP) is -0.985. The molecule has 0 heterocycles. The smallest absolute Gasteiger partial charge is 0.246 e. The van der Waals surface area contributed by atoms with Crippen molar-refractivity contribution in [2.75, 3.05) is 79.6 Å². The van der Waals surface area contributed by atoms with Gasteiger partial charge < -0.3 is 40.0 Å². The fraction of sp³-hybridized carbons (Fsp3) is 0.857. The quantitative estimate of drug-likeness (QED) is 0.140. The number of unbranched alkanes of at least 4 members (excludes halogenated alkanes) is 1. The van der Waals surface area contributed by atoms with Crippen LogP contribution in [0.5, 0.6) is 0 Å². The van der Waals surface area contributed by atoms with Crippen molar-refractivity contribution in [1.82, 2.24) is 16.0 Å². The Morgan fingerprint density at radius 1 is 0.781 bits per heavy atom. The molecular formula is C21H41N3O8. The molecule has 188 valence electrons. The summed E-state index contributed by atoms with van der Waals surface area (Å²) in [5, 5.41) is 17.1. The van der Waals surface area contributed by atoms with Crippen molar-refractivity contribution in [2.45, 2.75) is 38.6 Å². The van der Waals surface area contributed by atoms with E-state index in [9.17, 15) is 14.4 Å². The van der Waals surface area contributed by atoms with E-state index in [4.69, 9.17) is 24.1 Å². The van der Waals surface area contributed by atoms with E-state index in [0.29, 0.717) is 52.5 Å². The van der Waals surface area contributed by atoms with Gasteiger partial charge in [-0.2, -0.15) is 0 Å². The first kappa shape index (κ1) is 30.4. The minimum atomic E-state index is -0.470. The number of aliphatic hydroxyl groups is 1. The van der Waals surface area contributed by atoms with Crippen molar-refractivity contribution in [3.8, 4) is 0 Å². The van der Waals surface area contributed by atoms with Gasteiger partial charge in [-0.15, -0.1) is 0 Å². The Labute approximate surface area is 190 Å². The van der Waals surface area contributed by atoms with Gasteiger partial charge in [0.25, 0.3) is 0 Å². The van der Waals surface area contributed by atoms with E-state index < -0.39 is 6.61 Å². The number of carbonyl (C=O) groups is 3. The summed E-state index contributed by atoms with van der Waals surface area (Å²) >= 11 is 0. The van der Waals surface area contributed by atoms with Gasteiger partial charge in [0.2, 0.25) is 11.8 Å². The van der Waals surface area contributed by atoms with Crippen LogP contribution in [0, 0.1) is 0 Å². The molecule has 32 heavy (non-hydrogen) atoms. The van der Waals surface area contributed by atoms with E-state index in [2.05, 4.69) is 16.0 Å². The Bertz CT molecular complexity index is 494. The molecule has 11 heteroatoms. The maximum Gasteiger partial charge on any atom is 0.246 e. The topological polar surface area (TPSA) is 144 Å². The highest BCUT2D eigenvalue weighted by molar-refractivity contribution is 5.84. The van der Waals surface area contributed by atoms with Gasteiger partial charge in [-0.25, -0.2) is 0 Å². The highest BCUT2D eigenvalue weighted by Crippen LogP contribution is 2.01. The van der Waals surface area contributed by atoms with E-state index in [1.165, 1.54) is 0 Å². The van der Waals surface area contributed by atoms with Gasteiger partial charge in [0.15, 0.2) is 5.78 Å². The molecule has 0 spiro atoms. The average molecular weight is 464 g/mol. The Morgan fingerprint density at radius 3 is 1.91 bits per heavy atom. The van der Waals surface area contributed by atoms with Crippen molar-refractivity contribution in [3.63, 3.8) is 0 Å². The molecule has 0 radical (unpaired) electrons. The molecule has 0 saturated heterocycles. The SMILES string of the molecule is CCCOCCOCC(=O)NCCOCCOCC(=O)NCCCC[C@H](NC)C(=O)CO. The number of nitrogens with one attached hydrogen (secondary N) is 3. The van der Waals surface area contributed by atoms with E-state index in [-0.39, 0.29) is 43.5 Å². The van der Waals surface area contributed by atoms with Crippen molar-refractivity contribution in [3.05, 3.63) is 0 Å². The number of hydrogen-bond acceptors (Lipinski definition) is 9. The Kier molecular flexibility index (Phi) is 21.4. The molecule has 1 atom stereocenters. The molecule has 0 aromatic rings. The predicted molar refractivity (Wildman–Crippen MR) is 118 cm³/mol. The van der Waals surface area contributed by atoms with Crippen LogP contribution in [0.1, 0.15) is 32.6 Å². The zero-order valence-corrected chi connectivity index (χ0v) is 19.5. The summed E-state index contributed by atoms with van der Waals surface area (Å²) in [5.74, 6) is -0.653. The number of amides is 2. The van der Waals surface area contributed by atoms with Gasteiger partial charge in [-0.1, -0.05) is 6.92 Å². The van der Waals surface area contributed by atoms with Gasteiger partial charge in [-0.3, -0.25) is 14.4 Å². The van der Waals surface area contributed by atoms with Crippen LogP contribution in [-0.4, -0.2) is 108 Å². The largest absolute Gasteiger partial charge is 0.389 e. The molecule has 0 aromatic heterocycles. The van der Waals surface area contributed by atoms with Crippen LogP contribution in [0.2, 0.25) is 0 Å². The second-order valence-electron chi connectivity index (χ2n) is 6.99. The molecule has 4 N–H and O–H groups in total. The molecular weight excluding hydrogens is 422 g/mol. The number of Topliss-reactive ketones (excluding diaryl/α,β-unsaturated/α-hetero) is 1. The molecule has 11 nitrogen and oxygen atoms in total. The lowest BCUT2D eigenvalue weighted by Crippen LogP contribution is -2.36. The van der Waals surface area contributed by atoms with Crippen LogP contribution in [-0.2, 0) is 33.3 Å². The molecule has 0 aliphatic heterocycles. The molecule has 0 fully saturated rings. The fourth-order valence-corrected chi connectivity index (χ4v) is 2.56. The van der Waals surface area contributed by atoms with Gasteiger partial charge in [-0.05, 0) is 32.7 Å². The van der Waals surface area contributed by atoms with E-state index >= 15 is 0 Å². The third-order valence-corrected chi connectivity index (χ3v) is 4.26. The van der Waals surface area contributed by atoms with Crippen molar-refractivity contribution in [2.24, 2.45) is 0 Å². The first-order valence-electron chi connectivity index (χ1n) is 11.2. The summed E-state index contributed by atoms with van der Waals surface area (Å²) in [6.07, 6.45) is 3.05. The summed E-state index contributed by atoms with van der Waals surface area (Å²) in [4.78, 5) is 34.6. The lowest BCUT2D eigenvalue weighted by Gasteiger charge is -2.13. The maximum atomic E-state index is 11.7. The van der Waals surface area contributed by atoms with Crippen LogP contribution in [0.15, 0.2) is 0 Å². The number of ketones is 1. The third-order valence-electron chi connectivity index (χ3n) is 4.26. The minimum absolute atomic E-state index is 0.00936. The van der Waals surface area contributed by atoms with Crippen LogP contribution in [0.3, 0.4) is 0 Å². The van der Waals surface area contributed by atoms with Gasteiger partial charge in [0, 0.05) is 19.7 Å². The zero-order chi connectivity index (χ0) is 23.9. The van der Waals surface area contributed by atoms with E-state index in [1.807, 2.05) is 6.92 Å². The summed E-state index contributed by atoms with van der Waals surface area (Å²) in [6.45, 7) is 4.85. The first-order chi connectivity index (χ1) is 15.5. The number of ether oxygens (including phenoxy) is 4. The molecule has 0 rings (SSSR count). The number of hydrogen-bond donors (Lipinski definition) is 4. The van der Waals surface area contributed by atoms with Crippen molar-refractivity contribution < 1.29 is 38.4 Å². The van der Waals surface area contributed by atoms with Crippen LogP contribution in [0.4, 0.5) is 0 Å². The van der Waals surface area contributed by atoms with Crippen LogP contribution >= 0.6 is 0 Å². The summed E-state index contributed by atoms with van der Waals surface area (Å²) < 4.78 is 21.0. The highest BCUT2D eigenvalue weighted by atomic mass is 16.5. The number of rotatable bonds is 23. The number of carbonyl (C=O) groups excluding carboxylic acids is 3. The molecule has 0 aliphatic carbocycles. The normalized spacial score (nSPS) is 11.8. The number of likely N-dealkylation sites (N-methyl/N-ethyl adjacent to an activating group) is 1. The molecule has 0 unspecified atom stereocenters. The standard InChI is InChI=1S/C21H41N3O8/c1-3-9-29-11-13-31-17-21(28)24-8-10-30-12-14-32-16-20(27)23-7-5-4-6-18(22-2)19(26)15-25/h18,22,25H,3-17H2,1-2H3,(H,23,27)(H,24,28)/t18-/m0/s1. The molecule has 0 aromatic carbocycles. The highest BCUT2D eigenvalue weighted by Gasteiger charge is 2.14. The van der Waals surface area contributed by atoms with Crippen LogP contribution in [0.25, 0.3) is 0 Å². The van der Waals surface area contributed by atoms with Crippen molar-refractivity contribution in [1.29, 1.82) is 0 Å². The van der Waals surface area contributed by atoms with Gasteiger partial charge >= 0.3 is 0 Å². The average Bonchev–Trinajstić information content (AvgIpc) is 2.79. The van der Waals surface area contributed by atoms with E-state index in [1.54, 1.807) is 7.05 Å². The van der Waals surface area contributed by atoms with E-state index in [0.717, 1.165) is 19.3 Å². The van der Waals surface area contributed by atoms with Crippen LogP contribution < -0.4 is 16.0 Å². The zero-order valence-electron chi connectivity index (χ0n) is 19.5. The fourth-order valence-electron chi connectivity index (χ4n) is 2.56. The molecule has 0 aliphatic rings. The molecule has 2 amide bonds. The summed E-state index contributed by atoms with van der Waals surface area (Å²) in [7, 11) is 1.68.